The van der Waals surface area contributed by atoms with E-state index in [0.29, 0.717) is 16.7 Å². The van der Waals surface area contributed by atoms with Crippen LogP contribution in [-0.2, 0) is 9.53 Å². The third kappa shape index (κ3) is 3.10. The molecule has 0 heterocycles. The van der Waals surface area contributed by atoms with Crippen molar-refractivity contribution in [3.8, 4) is 0 Å². The SMILES string of the molecule is COC(=O)C=C[C@@H](C)[C@H]1CC[C@H]2[C@@H]3CCC4CCCC[C@]4(C)[C@H]3CC[C@]12C. The van der Waals surface area contributed by atoms with Gasteiger partial charge in [-0.25, -0.2) is 4.79 Å². The molecular weight excluding hydrogens is 332 g/mol. The summed E-state index contributed by atoms with van der Waals surface area (Å²) in [6.45, 7) is 7.59. The summed E-state index contributed by atoms with van der Waals surface area (Å²) in [5.41, 5.74) is 1.11. The molecule has 0 N–H and O–H groups in total. The minimum atomic E-state index is -0.214. The zero-order chi connectivity index (χ0) is 19.2. The molecule has 4 aliphatic rings. The average molecular weight is 373 g/mol. The number of esters is 1. The molecule has 4 fully saturated rings. The Hall–Kier alpha value is -0.790. The van der Waals surface area contributed by atoms with Crippen molar-refractivity contribution in [2.75, 3.05) is 7.11 Å². The second-order valence-electron chi connectivity index (χ2n) is 10.9. The molecule has 0 aliphatic heterocycles. The normalized spacial score (nSPS) is 47.8. The molecule has 0 aromatic carbocycles. The average Bonchev–Trinajstić information content (AvgIpc) is 3.02. The zero-order valence-corrected chi connectivity index (χ0v) is 18.0. The van der Waals surface area contributed by atoms with Crippen LogP contribution in [0.5, 0.6) is 0 Å². The molecule has 152 valence electrons. The molecule has 0 bridgehead atoms. The van der Waals surface area contributed by atoms with Crippen molar-refractivity contribution in [3.05, 3.63) is 12.2 Å². The van der Waals surface area contributed by atoms with Gasteiger partial charge in [0.1, 0.15) is 0 Å². The molecular formula is C25H40O2. The lowest BCUT2D eigenvalue weighted by Crippen LogP contribution is -2.53. The summed E-state index contributed by atoms with van der Waals surface area (Å²) in [5.74, 6) is 4.84. The minimum absolute atomic E-state index is 0.214. The maximum Gasteiger partial charge on any atom is 0.330 e. The molecule has 0 spiro atoms. The molecule has 4 saturated carbocycles. The van der Waals surface area contributed by atoms with Crippen LogP contribution in [0.1, 0.15) is 85.0 Å². The molecule has 0 aromatic heterocycles. The highest BCUT2D eigenvalue weighted by molar-refractivity contribution is 5.81. The molecule has 0 radical (unpaired) electrons. The summed E-state index contributed by atoms with van der Waals surface area (Å²) < 4.78 is 4.80. The van der Waals surface area contributed by atoms with Crippen molar-refractivity contribution in [2.45, 2.75) is 85.0 Å². The number of hydrogen-bond donors (Lipinski definition) is 0. The molecule has 2 heteroatoms. The van der Waals surface area contributed by atoms with Gasteiger partial charge in [0, 0.05) is 6.08 Å². The van der Waals surface area contributed by atoms with Gasteiger partial charge in [0.05, 0.1) is 7.11 Å². The largest absolute Gasteiger partial charge is 0.466 e. The summed E-state index contributed by atoms with van der Waals surface area (Å²) >= 11 is 0. The molecule has 0 saturated heterocycles. The Morgan fingerprint density at radius 3 is 2.52 bits per heavy atom. The highest BCUT2D eigenvalue weighted by atomic mass is 16.5. The van der Waals surface area contributed by atoms with E-state index in [4.69, 9.17) is 4.74 Å². The molecule has 4 aliphatic carbocycles. The van der Waals surface area contributed by atoms with Gasteiger partial charge in [-0.05, 0) is 97.7 Å². The number of carbonyl (C=O) groups is 1. The first-order chi connectivity index (χ1) is 12.9. The van der Waals surface area contributed by atoms with Gasteiger partial charge in [-0.15, -0.1) is 0 Å². The van der Waals surface area contributed by atoms with Crippen LogP contribution < -0.4 is 0 Å². The fourth-order valence-electron chi connectivity index (χ4n) is 8.63. The summed E-state index contributed by atoms with van der Waals surface area (Å²) in [6, 6.07) is 0. The van der Waals surface area contributed by atoms with Crippen LogP contribution in [0.15, 0.2) is 12.2 Å². The Balaban J connectivity index is 1.53. The van der Waals surface area contributed by atoms with Gasteiger partial charge in [0.2, 0.25) is 0 Å². The van der Waals surface area contributed by atoms with E-state index in [2.05, 4.69) is 26.8 Å². The summed E-state index contributed by atoms with van der Waals surface area (Å²) in [6.07, 6.45) is 18.3. The lowest BCUT2D eigenvalue weighted by Gasteiger charge is -2.60. The monoisotopic (exact) mass is 372 g/mol. The number of allylic oxidation sites excluding steroid dienone is 1. The fourth-order valence-corrected chi connectivity index (χ4v) is 8.63. The Morgan fingerprint density at radius 1 is 0.963 bits per heavy atom. The molecule has 0 amide bonds. The third-order valence-electron chi connectivity index (χ3n) is 10.0. The Labute approximate surface area is 166 Å². The first-order valence-corrected chi connectivity index (χ1v) is 11.7. The number of hydrogen-bond acceptors (Lipinski definition) is 2. The Kier molecular flexibility index (Phi) is 5.23. The first kappa shape index (κ1) is 19.5. The van der Waals surface area contributed by atoms with Gasteiger partial charge in [0.15, 0.2) is 0 Å². The first-order valence-electron chi connectivity index (χ1n) is 11.7. The van der Waals surface area contributed by atoms with E-state index in [-0.39, 0.29) is 5.97 Å². The standard InChI is InChI=1S/C25H40O2/c1-17(8-13-23(26)27-4)20-11-12-21-19-10-9-18-7-5-6-15-24(18,2)22(19)14-16-25(20,21)3/h8,13,17-22H,5-7,9-12,14-16H2,1-4H3/t17-,18?,19+,20-,21+,22+,24+,25-/m1/s1. The van der Waals surface area contributed by atoms with Gasteiger partial charge in [-0.1, -0.05) is 39.7 Å². The molecule has 1 unspecified atom stereocenters. The van der Waals surface area contributed by atoms with E-state index in [9.17, 15) is 4.79 Å². The topological polar surface area (TPSA) is 26.3 Å². The fraction of sp³-hybridized carbons (Fsp3) is 0.880. The van der Waals surface area contributed by atoms with E-state index in [1.165, 1.54) is 71.3 Å². The maximum atomic E-state index is 11.5. The predicted octanol–water partition coefficient (Wildman–Crippen LogP) is 6.40. The van der Waals surface area contributed by atoms with Crippen LogP contribution in [0, 0.1) is 46.3 Å². The van der Waals surface area contributed by atoms with Crippen LogP contribution in [0.3, 0.4) is 0 Å². The molecule has 0 aromatic rings. The van der Waals surface area contributed by atoms with Gasteiger partial charge in [-0.3, -0.25) is 0 Å². The van der Waals surface area contributed by atoms with Gasteiger partial charge in [0.25, 0.3) is 0 Å². The van der Waals surface area contributed by atoms with E-state index >= 15 is 0 Å². The smallest absolute Gasteiger partial charge is 0.330 e. The quantitative estimate of drug-likeness (QED) is 0.423. The number of fused-ring (bicyclic) bond motifs is 5. The highest BCUT2D eigenvalue weighted by Gasteiger charge is 2.59. The molecule has 4 rings (SSSR count). The molecule has 8 atom stereocenters. The second-order valence-corrected chi connectivity index (χ2v) is 10.9. The van der Waals surface area contributed by atoms with Crippen LogP contribution in [0.4, 0.5) is 0 Å². The molecule has 27 heavy (non-hydrogen) atoms. The van der Waals surface area contributed by atoms with E-state index in [0.717, 1.165) is 29.6 Å². The number of methoxy groups -OCH3 is 1. The van der Waals surface area contributed by atoms with E-state index in [1.54, 1.807) is 6.08 Å². The second kappa shape index (κ2) is 7.23. The Morgan fingerprint density at radius 2 is 1.74 bits per heavy atom. The van der Waals surface area contributed by atoms with E-state index in [1.807, 2.05) is 0 Å². The molecule has 2 nitrogen and oxygen atoms in total. The summed E-state index contributed by atoms with van der Waals surface area (Å²) in [4.78, 5) is 11.5. The van der Waals surface area contributed by atoms with Crippen molar-refractivity contribution in [1.82, 2.24) is 0 Å². The van der Waals surface area contributed by atoms with Gasteiger partial charge < -0.3 is 4.74 Å². The lowest BCUT2D eigenvalue weighted by molar-refractivity contribution is -0.134. The summed E-state index contributed by atoms with van der Waals surface area (Å²) in [7, 11) is 1.47. The minimum Gasteiger partial charge on any atom is -0.466 e. The Bertz CT molecular complexity index is 595. The number of ether oxygens (including phenoxy) is 1. The lowest BCUT2D eigenvalue weighted by atomic mass is 9.44. The number of carbonyl (C=O) groups excluding carboxylic acids is 1. The van der Waals surface area contributed by atoms with E-state index < -0.39 is 0 Å². The van der Waals surface area contributed by atoms with Gasteiger partial charge >= 0.3 is 5.97 Å². The van der Waals surface area contributed by atoms with Crippen molar-refractivity contribution in [3.63, 3.8) is 0 Å². The number of rotatable bonds is 3. The van der Waals surface area contributed by atoms with Crippen molar-refractivity contribution in [1.29, 1.82) is 0 Å². The van der Waals surface area contributed by atoms with Crippen LogP contribution in [0.25, 0.3) is 0 Å². The zero-order valence-electron chi connectivity index (χ0n) is 18.0. The van der Waals surface area contributed by atoms with Crippen LogP contribution in [0.2, 0.25) is 0 Å². The summed E-state index contributed by atoms with van der Waals surface area (Å²) in [5, 5.41) is 0. The van der Waals surface area contributed by atoms with Crippen LogP contribution >= 0.6 is 0 Å². The predicted molar refractivity (Wildman–Crippen MR) is 110 cm³/mol. The van der Waals surface area contributed by atoms with Crippen LogP contribution in [-0.4, -0.2) is 13.1 Å². The van der Waals surface area contributed by atoms with Crippen molar-refractivity contribution in [2.24, 2.45) is 46.3 Å². The third-order valence-corrected chi connectivity index (χ3v) is 10.0. The van der Waals surface area contributed by atoms with Crippen molar-refractivity contribution < 1.29 is 9.53 Å². The highest BCUT2D eigenvalue weighted by Crippen LogP contribution is 2.68. The maximum absolute atomic E-state index is 11.5. The van der Waals surface area contributed by atoms with Crippen molar-refractivity contribution >= 4 is 5.97 Å². The van der Waals surface area contributed by atoms with Gasteiger partial charge in [-0.2, -0.15) is 0 Å².